The third kappa shape index (κ3) is 9.29. The van der Waals surface area contributed by atoms with Crippen molar-refractivity contribution in [1.29, 1.82) is 0 Å². The van der Waals surface area contributed by atoms with Crippen LogP contribution >= 0.6 is 0 Å². The van der Waals surface area contributed by atoms with Gasteiger partial charge in [-0.15, -0.1) is 0 Å². The van der Waals surface area contributed by atoms with Gasteiger partial charge in [-0.2, -0.15) is 0 Å². The van der Waals surface area contributed by atoms with Gasteiger partial charge in [-0.25, -0.2) is 4.98 Å². The number of carbonyl (C=O) groups is 6. The second-order valence-electron chi connectivity index (χ2n) is 14.9. The van der Waals surface area contributed by atoms with Crippen molar-refractivity contribution < 1.29 is 28.8 Å². The fraction of sp³-hybridized carbons (Fsp3) is 0.579. The Morgan fingerprint density at radius 2 is 1.67 bits per heavy atom. The zero-order chi connectivity index (χ0) is 35.2. The molecule has 4 rings (SSSR count). The van der Waals surface area contributed by atoms with E-state index >= 15 is 0 Å². The Kier molecular flexibility index (Phi) is 12.2. The van der Waals surface area contributed by atoms with E-state index in [-0.39, 0.29) is 61.3 Å². The van der Waals surface area contributed by atoms with E-state index in [0.29, 0.717) is 12.8 Å². The van der Waals surface area contributed by atoms with Crippen LogP contribution in [0.2, 0.25) is 0 Å². The van der Waals surface area contributed by atoms with Crippen LogP contribution in [0.15, 0.2) is 42.9 Å². The van der Waals surface area contributed by atoms with Crippen LogP contribution in [0.5, 0.6) is 0 Å². The minimum atomic E-state index is -1.01. The monoisotopic (exact) mass is 658 g/mol. The van der Waals surface area contributed by atoms with Crippen LogP contribution < -0.4 is 5.32 Å². The molecule has 1 aliphatic carbocycles. The van der Waals surface area contributed by atoms with Crippen LogP contribution in [0.4, 0.5) is 0 Å². The van der Waals surface area contributed by atoms with Crippen LogP contribution in [0.25, 0.3) is 0 Å². The van der Waals surface area contributed by atoms with Gasteiger partial charge < -0.3 is 10.2 Å². The predicted molar refractivity (Wildman–Crippen MR) is 181 cm³/mol. The first-order valence-electron chi connectivity index (χ1n) is 17.3. The van der Waals surface area contributed by atoms with Gasteiger partial charge in [-0.05, 0) is 47.6 Å². The number of ketones is 4. The summed E-state index contributed by atoms with van der Waals surface area (Å²) in [6, 6.07) is 5.77. The lowest BCUT2D eigenvalue weighted by molar-refractivity contribution is -0.148. The molecule has 1 aromatic heterocycles. The standard InChI is InChI=1S/C38H50N4O6/c1-7-10-26(34(46)33(45)17-24-13-14-24)19-32(44)30-18-25-11-8-9-12-27(25)22-42(30)37(48)35(38(4,5)6)41-36(47)28(23(2)3)20-31(43)29-21-39-15-16-40-29/h8-9,11-12,15-16,21,23-24,26,28,30,35H,7,10,13-14,17-20,22H2,1-6H3,(H,41,47)/t26-,28+,30+,35-/m1/s1. The van der Waals surface area contributed by atoms with Gasteiger partial charge in [0.25, 0.3) is 0 Å². The SMILES string of the molecule is CCC[C@H](CC(=O)[C@@H]1Cc2ccccc2CN1C(=O)[C@@H](NC(=O)[C@@H](CC(=O)c1cnccn1)C(C)C)C(C)(C)C)C(=O)C(=O)CC1CC1. The molecule has 258 valence electrons. The van der Waals surface area contributed by atoms with Gasteiger partial charge in [0.2, 0.25) is 17.6 Å². The van der Waals surface area contributed by atoms with Crippen LogP contribution in [-0.4, -0.2) is 61.9 Å². The predicted octanol–water partition coefficient (Wildman–Crippen LogP) is 5.12. The maximum absolute atomic E-state index is 14.6. The number of Topliss-reactive ketones (excluding diaryl/α,β-unsaturated/α-hetero) is 4. The average molecular weight is 659 g/mol. The summed E-state index contributed by atoms with van der Waals surface area (Å²) in [5.41, 5.74) is 1.27. The number of carbonyl (C=O) groups excluding carboxylic acids is 6. The lowest BCUT2D eigenvalue weighted by atomic mass is 9.81. The highest BCUT2D eigenvalue weighted by Crippen LogP contribution is 2.34. The highest BCUT2D eigenvalue weighted by atomic mass is 16.2. The molecule has 1 aromatic carbocycles. The molecule has 0 saturated heterocycles. The van der Waals surface area contributed by atoms with E-state index in [1.54, 1.807) is 0 Å². The second-order valence-corrected chi connectivity index (χ2v) is 14.9. The van der Waals surface area contributed by atoms with Gasteiger partial charge in [-0.1, -0.05) is 72.2 Å². The van der Waals surface area contributed by atoms with Gasteiger partial charge >= 0.3 is 0 Å². The molecule has 2 aliphatic rings. The third-order valence-electron chi connectivity index (χ3n) is 9.60. The summed E-state index contributed by atoms with van der Waals surface area (Å²) in [4.78, 5) is 91.1. The molecule has 48 heavy (non-hydrogen) atoms. The van der Waals surface area contributed by atoms with E-state index in [2.05, 4.69) is 15.3 Å². The summed E-state index contributed by atoms with van der Waals surface area (Å²) in [6.07, 6.45) is 7.53. The van der Waals surface area contributed by atoms with E-state index in [9.17, 15) is 28.8 Å². The summed E-state index contributed by atoms with van der Waals surface area (Å²) in [5, 5.41) is 2.97. The Morgan fingerprint density at radius 1 is 0.979 bits per heavy atom. The molecule has 2 heterocycles. The Morgan fingerprint density at radius 3 is 2.25 bits per heavy atom. The fourth-order valence-corrected chi connectivity index (χ4v) is 6.45. The number of amides is 2. The van der Waals surface area contributed by atoms with Crippen LogP contribution in [0.3, 0.4) is 0 Å². The second kappa shape index (κ2) is 15.9. The highest BCUT2D eigenvalue weighted by Gasteiger charge is 2.44. The molecule has 10 nitrogen and oxygen atoms in total. The van der Waals surface area contributed by atoms with Crippen molar-refractivity contribution in [2.75, 3.05) is 0 Å². The Bertz CT molecular complexity index is 1510. The average Bonchev–Trinajstić information content (AvgIpc) is 3.88. The van der Waals surface area contributed by atoms with Crippen molar-refractivity contribution >= 4 is 34.9 Å². The molecular weight excluding hydrogens is 608 g/mol. The van der Waals surface area contributed by atoms with E-state index in [4.69, 9.17) is 0 Å². The van der Waals surface area contributed by atoms with E-state index < -0.39 is 52.7 Å². The molecule has 0 radical (unpaired) electrons. The van der Waals surface area contributed by atoms with E-state index in [0.717, 1.165) is 24.0 Å². The summed E-state index contributed by atoms with van der Waals surface area (Å²) in [6.45, 7) is 11.3. The van der Waals surface area contributed by atoms with Crippen LogP contribution in [0.1, 0.15) is 108 Å². The number of nitrogens with zero attached hydrogens (tertiary/aromatic N) is 3. The van der Waals surface area contributed by atoms with Crippen molar-refractivity contribution in [2.45, 2.75) is 112 Å². The van der Waals surface area contributed by atoms with Gasteiger partial charge in [0.05, 0.1) is 12.2 Å². The maximum atomic E-state index is 14.6. The van der Waals surface area contributed by atoms with Gasteiger partial charge in [0, 0.05) is 56.5 Å². The molecule has 2 aromatic rings. The first kappa shape index (κ1) is 36.8. The quantitative estimate of drug-likeness (QED) is 0.193. The fourth-order valence-electron chi connectivity index (χ4n) is 6.45. The largest absolute Gasteiger partial charge is 0.344 e. The molecule has 0 unspecified atom stereocenters. The lowest BCUT2D eigenvalue weighted by Gasteiger charge is -2.41. The van der Waals surface area contributed by atoms with Gasteiger partial charge in [-0.3, -0.25) is 33.8 Å². The van der Waals surface area contributed by atoms with E-state index in [1.807, 2.05) is 65.8 Å². The number of hydrogen-bond donors (Lipinski definition) is 1. The minimum absolute atomic E-state index is 0.0994. The van der Waals surface area contributed by atoms with Crippen LogP contribution in [0, 0.1) is 29.1 Å². The number of fused-ring (bicyclic) bond motifs is 1. The number of rotatable bonds is 16. The lowest BCUT2D eigenvalue weighted by Crippen LogP contribution is -2.60. The molecule has 1 aliphatic heterocycles. The summed E-state index contributed by atoms with van der Waals surface area (Å²) in [7, 11) is 0. The van der Waals surface area contributed by atoms with Crippen LogP contribution in [-0.2, 0) is 36.9 Å². The zero-order valence-corrected chi connectivity index (χ0v) is 29.2. The minimum Gasteiger partial charge on any atom is -0.344 e. The Labute approximate surface area is 283 Å². The molecule has 0 spiro atoms. The molecule has 1 saturated carbocycles. The van der Waals surface area contributed by atoms with Gasteiger partial charge in [0.1, 0.15) is 11.7 Å². The number of benzene rings is 1. The van der Waals surface area contributed by atoms with Gasteiger partial charge in [0.15, 0.2) is 17.3 Å². The molecule has 1 fully saturated rings. The summed E-state index contributed by atoms with van der Waals surface area (Å²) >= 11 is 0. The van der Waals surface area contributed by atoms with Crippen molar-refractivity contribution in [2.24, 2.45) is 29.1 Å². The Balaban J connectivity index is 1.59. The number of aromatic nitrogens is 2. The van der Waals surface area contributed by atoms with E-state index in [1.165, 1.54) is 23.5 Å². The maximum Gasteiger partial charge on any atom is 0.246 e. The smallest absolute Gasteiger partial charge is 0.246 e. The molecule has 4 atom stereocenters. The first-order valence-corrected chi connectivity index (χ1v) is 17.3. The summed E-state index contributed by atoms with van der Waals surface area (Å²) < 4.78 is 0. The van der Waals surface area contributed by atoms with Crippen molar-refractivity contribution in [3.05, 3.63) is 59.7 Å². The van der Waals surface area contributed by atoms with Crippen molar-refractivity contribution in [3.63, 3.8) is 0 Å². The molecule has 10 heteroatoms. The third-order valence-corrected chi connectivity index (χ3v) is 9.60. The normalized spacial score (nSPS) is 18.0. The zero-order valence-electron chi connectivity index (χ0n) is 29.2. The Hall–Kier alpha value is -4.08. The first-order chi connectivity index (χ1) is 22.7. The number of hydrogen-bond acceptors (Lipinski definition) is 8. The summed E-state index contributed by atoms with van der Waals surface area (Å²) in [5.74, 6) is -3.71. The molecule has 2 amide bonds. The number of nitrogens with one attached hydrogen (secondary N) is 1. The molecule has 0 bridgehead atoms. The highest BCUT2D eigenvalue weighted by molar-refractivity contribution is 6.38. The molecule has 1 N–H and O–H groups in total. The molecular formula is C38H50N4O6. The van der Waals surface area contributed by atoms with Crippen molar-refractivity contribution in [3.8, 4) is 0 Å². The van der Waals surface area contributed by atoms with Crippen molar-refractivity contribution in [1.82, 2.24) is 20.2 Å². The topological polar surface area (TPSA) is 143 Å².